The molecule has 0 saturated carbocycles. The Labute approximate surface area is 180 Å². The van der Waals surface area contributed by atoms with E-state index < -0.39 is 0 Å². The maximum Gasteiger partial charge on any atom is 0.231 e. The number of ketones is 1. The Morgan fingerprint density at radius 2 is 1.81 bits per heavy atom. The second-order valence-corrected chi connectivity index (χ2v) is 7.02. The topological polar surface area (TPSA) is 61.6 Å². The van der Waals surface area contributed by atoms with Crippen LogP contribution in [-0.2, 0) is 0 Å². The molecule has 31 heavy (non-hydrogen) atoms. The Morgan fingerprint density at radius 3 is 2.55 bits per heavy atom. The number of benzene rings is 3. The molecule has 5 heteroatoms. The van der Waals surface area contributed by atoms with Gasteiger partial charge >= 0.3 is 0 Å². The number of ether oxygens (including phenoxy) is 2. The lowest BCUT2D eigenvalue weighted by Crippen LogP contribution is -2.04. The molecule has 0 radical (unpaired) electrons. The van der Waals surface area contributed by atoms with Crippen molar-refractivity contribution in [3.05, 3.63) is 89.8 Å². The van der Waals surface area contributed by atoms with Crippen LogP contribution in [-0.4, -0.2) is 24.5 Å². The number of Topliss-reactive ketones (excluding diaryl/α,β-unsaturated/α-hetero) is 1. The minimum Gasteiger partial charge on any atom is -0.497 e. The lowest BCUT2D eigenvalue weighted by molar-refractivity contribution is 0.105. The average Bonchev–Trinajstić information content (AvgIpc) is 3.25. The van der Waals surface area contributed by atoms with E-state index in [4.69, 9.17) is 13.9 Å². The summed E-state index contributed by atoms with van der Waals surface area (Å²) in [7, 11) is 1.61. The maximum atomic E-state index is 13.5. The van der Waals surface area contributed by atoms with Crippen molar-refractivity contribution in [3.63, 3.8) is 0 Å². The number of fused-ring (bicyclic) bond motifs is 1. The number of carbonyl (C=O) groups excluding carboxylic acids is 1. The van der Waals surface area contributed by atoms with E-state index in [0.29, 0.717) is 34.6 Å². The maximum absolute atomic E-state index is 13.5. The largest absolute Gasteiger partial charge is 0.497 e. The van der Waals surface area contributed by atoms with Crippen molar-refractivity contribution in [2.45, 2.75) is 13.3 Å². The summed E-state index contributed by atoms with van der Waals surface area (Å²) in [6, 6.07) is 22.1. The molecule has 0 atom stereocenters. The summed E-state index contributed by atoms with van der Waals surface area (Å²) in [5.41, 5.74) is 3.04. The number of rotatable bonds is 8. The van der Waals surface area contributed by atoms with Crippen molar-refractivity contribution in [2.75, 3.05) is 13.7 Å². The van der Waals surface area contributed by atoms with Gasteiger partial charge in [0.2, 0.25) is 5.89 Å². The first-order valence-electron chi connectivity index (χ1n) is 10.2. The van der Waals surface area contributed by atoms with Crippen LogP contribution in [0.2, 0.25) is 0 Å². The number of aromatic nitrogens is 1. The second kappa shape index (κ2) is 9.30. The third kappa shape index (κ3) is 4.67. The third-order valence-electron chi connectivity index (χ3n) is 4.76. The van der Waals surface area contributed by atoms with Gasteiger partial charge in [-0.05, 0) is 66.6 Å². The smallest absolute Gasteiger partial charge is 0.231 e. The standard InChI is InChI=1S/C26H23NO4/c1-3-15-30-20-13-11-19(12-14-20)25(28)22(17-18-7-6-8-21(16-18)29-2)26-27-23-9-4-5-10-24(23)31-26/h4-14,16-17H,3,15H2,1-2H3/b22-17-. The van der Waals surface area contributed by atoms with Crippen LogP contribution in [0.15, 0.2) is 77.2 Å². The Morgan fingerprint density at radius 1 is 1.00 bits per heavy atom. The van der Waals surface area contributed by atoms with E-state index in [1.54, 1.807) is 37.5 Å². The first-order chi connectivity index (χ1) is 15.2. The summed E-state index contributed by atoms with van der Waals surface area (Å²) in [6.45, 7) is 2.69. The normalized spacial score (nSPS) is 11.5. The van der Waals surface area contributed by atoms with Crippen molar-refractivity contribution in [3.8, 4) is 11.5 Å². The van der Waals surface area contributed by atoms with Crippen LogP contribution in [0.4, 0.5) is 0 Å². The Hall–Kier alpha value is -3.86. The molecular formula is C26H23NO4. The molecule has 4 aromatic rings. The highest BCUT2D eigenvalue weighted by atomic mass is 16.5. The van der Waals surface area contributed by atoms with E-state index >= 15 is 0 Å². The zero-order chi connectivity index (χ0) is 21.6. The lowest BCUT2D eigenvalue weighted by Gasteiger charge is -2.07. The van der Waals surface area contributed by atoms with Gasteiger partial charge in [0.1, 0.15) is 17.0 Å². The molecule has 0 spiro atoms. The van der Waals surface area contributed by atoms with Crippen LogP contribution in [0, 0.1) is 0 Å². The van der Waals surface area contributed by atoms with Gasteiger partial charge in [0, 0.05) is 5.56 Å². The molecule has 0 saturated heterocycles. The van der Waals surface area contributed by atoms with Gasteiger partial charge in [-0.15, -0.1) is 0 Å². The van der Waals surface area contributed by atoms with Crippen LogP contribution < -0.4 is 9.47 Å². The predicted octanol–water partition coefficient (Wildman–Crippen LogP) is 6.05. The fraction of sp³-hybridized carbons (Fsp3) is 0.154. The van der Waals surface area contributed by atoms with Crippen LogP contribution in [0.5, 0.6) is 11.5 Å². The summed E-state index contributed by atoms with van der Waals surface area (Å²) in [4.78, 5) is 18.0. The van der Waals surface area contributed by atoms with Crippen molar-refractivity contribution >= 4 is 28.5 Å². The van der Waals surface area contributed by atoms with Crippen LogP contribution >= 0.6 is 0 Å². The molecule has 0 amide bonds. The van der Waals surface area contributed by atoms with Gasteiger partial charge in [0.25, 0.3) is 0 Å². The number of methoxy groups -OCH3 is 1. The highest BCUT2D eigenvalue weighted by molar-refractivity contribution is 6.31. The van der Waals surface area contributed by atoms with Gasteiger partial charge < -0.3 is 13.9 Å². The van der Waals surface area contributed by atoms with Gasteiger partial charge in [0.05, 0.1) is 19.3 Å². The first kappa shape index (κ1) is 20.4. The number of oxazole rings is 1. The Kier molecular flexibility index (Phi) is 6.13. The molecule has 3 aromatic carbocycles. The molecule has 0 fully saturated rings. The monoisotopic (exact) mass is 413 g/mol. The minimum atomic E-state index is -0.184. The van der Waals surface area contributed by atoms with E-state index in [-0.39, 0.29) is 11.7 Å². The highest BCUT2D eigenvalue weighted by Crippen LogP contribution is 2.27. The summed E-state index contributed by atoms with van der Waals surface area (Å²) in [5, 5.41) is 0. The lowest BCUT2D eigenvalue weighted by atomic mass is 10.0. The molecule has 0 N–H and O–H groups in total. The molecule has 0 bridgehead atoms. The predicted molar refractivity (Wildman–Crippen MR) is 121 cm³/mol. The van der Waals surface area contributed by atoms with Crippen molar-refractivity contribution in [2.24, 2.45) is 0 Å². The van der Waals surface area contributed by atoms with E-state index in [1.165, 1.54) is 0 Å². The quantitative estimate of drug-likeness (QED) is 0.260. The number of hydrogen-bond donors (Lipinski definition) is 0. The molecule has 0 aliphatic heterocycles. The van der Waals surface area contributed by atoms with Crippen LogP contribution in [0.25, 0.3) is 22.7 Å². The highest BCUT2D eigenvalue weighted by Gasteiger charge is 2.20. The minimum absolute atomic E-state index is 0.184. The van der Waals surface area contributed by atoms with E-state index in [9.17, 15) is 4.79 Å². The van der Waals surface area contributed by atoms with Gasteiger partial charge in [0.15, 0.2) is 11.4 Å². The zero-order valence-electron chi connectivity index (χ0n) is 17.5. The van der Waals surface area contributed by atoms with E-state index in [1.807, 2.05) is 55.5 Å². The van der Waals surface area contributed by atoms with Crippen molar-refractivity contribution in [1.29, 1.82) is 0 Å². The second-order valence-electron chi connectivity index (χ2n) is 7.02. The third-order valence-corrected chi connectivity index (χ3v) is 4.76. The zero-order valence-corrected chi connectivity index (χ0v) is 17.5. The first-order valence-corrected chi connectivity index (χ1v) is 10.2. The number of nitrogens with zero attached hydrogens (tertiary/aromatic N) is 1. The van der Waals surface area contributed by atoms with Crippen molar-refractivity contribution in [1.82, 2.24) is 4.98 Å². The molecule has 1 heterocycles. The van der Waals surface area contributed by atoms with Gasteiger partial charge in [-0.25, -0.2) is 4.98 Å². The molecule has 1 aromatic heterocycles. The summed E-state index contributed by atoms with van der Waals surface area (Å²) in [6.07, 6.45) is 2.70. The number of allylic oxidation sites excluding steroid dienone is 1. The summed E-state index contributed by atoms with van der Waals surface area (Å²) >= 11 is 0. The van der Waals surface area contributed by atoms with Gasteiger partial charge in [-0.2, -0.15) is 0 Å². The Balaban J connectivity index is 1.75. The van der Waals surface area contributed by atoms with Crippen LogP contribution in [0.1, 0.15) is 35.2 Å². The molecule has 0 aliphatic rings. The molecule has 0 aliphatic carbocycles. The summed E-state index contributed by atoms with van der Waals surface area (Å²) < 4.78 is 16.9. The van der Waals surface area contributed by atoms with Crippen LogP contribution in [0.3, 0.4) is 0 Å². The average molecular weight is 413 g/mol. The molecule has 5 nitrogen and oxygen atoms in total. The van der Waals surface area contributed by atoms with Crippen molar-refractivity contribution < 1.29 is 18.7 Å². The fourth-order valence-corrected chi connectivity index (χ4v) is 3.19. The number of carbonyl (C=O) groups is 1. The van der Waals surface area contributed by atoms with E-state index in [0.717, 1.165) is 17.7 Å². The number of hydrogen-bond acceptors (Lipinski definition) is 5. The fourth-order valence-electron chi connectivity index (χ4n) is 3.19. The molecular weight excluding hydrogens is 390 g/mol. The molecule has 4 rings (SSSR count). The van der Waals surface area contributed by atoms with Gasteiger partial charge in [-0.1, -0.05) is 31.2 Å². The number of para-hydroxylation sites is 2. The summed E-state index contributed by atoms with van der Waals surface area (Å²) in [5.74, 6) is 1.53. The van der Waals surface area contributed by atoms with E-state index in [2.05, 4.69) is 4.98 Å². The van der Waals surface area contributed by atoms with Gasteiger partial charge in [-0.3, -0.25) is 4.79 Å². The molecule has 0 unspecified atom stereocenters. The molecule has 156 valence electrons. The SMILES string of the molecule is CCCOc1ccc(C(=O)/C(=C/c2cccc(OC)c2)c2nc3ccccc3o2)cc1. The Bertz CT molecular complexity index is 1190.